The van der Waals surface area contributed by atoms with Gasteiger partial charge in [-0.1, -0.05) is 19.9 Å². The molecule has 18 heavy (non-hydrogen) atoms. The van der Waals surface area contributed by atoms with E-state index in [2.05, 4.69) is 0 Å². The van der Waals surface area contributed by atoms with Gasteiger partial charge in [-0.15, -0.1) is 11.3 Å². The van der Waals surface area contributed by atoms with E-state index < -0.39 is 15.9 Å². The second-order valence-corrected chi connectivity index (χ2v) is 7.04. The number of thiophene rings is 1. The van der Waals surface area contributed by atoms with E-state index in [1.54, 1.807) is 11.4 Å². The number of carbonyl (C=O) groups excluding carboxylic acids is 1. The van der Waals surface area contributed by atoms with Crippen molar-refractivity contribution >= 4 is 27.3 Å². The van der Waals surface area contributed by atoms with E-state index in [4.69, 9.17) is 4.74 Å². The van der Waals surface area contributed by atoms with Crippen molar-refractivity contribution in [3.8, 4) is 0 Å². The normalized spacial score (nSPS) is 11.7. The fourth-order valence-corrected chi connectivity index (χ4v) is 3.16. The van der Waals surface area contributed by atoms with Crippen molar-refractivity contribution in [3.63, 3.8) is 0 Å². The second-order valence-electron chi connectivity index (χ2n) is 4.18. The number of nitrogens with one attached hydrogen (secondary N) is 1. The first-order valence-electron chi connectivity index (χ1n) is 5.58. The number of ether oxygens (including phenoxy) is 1. The van der Waals surface area contributed by atoms with Crippen molar-refractivity contribution in [2.24, 2.45) is 5.92 Å². The van der Waals surface area contributed by atoms with Crippen LogP contribution in [0.5, 0.6) is 0 Å². The Kier molecular flexibility index (Phi) is 5.77. The van der Waals surface area contributed by atoms with Gasteiger partial charge in [0.25, 0.3) is 10.0 Å². The lowest BCUT2D eigenvalue weighted by atomic mass is 10.2. The highest BCUT2D eigenvalue weighted by molar-refractivity contribution is 7.92. The highest BCUT2D eigenvalue weighted by Gasteiger charge is 2.18. The minimum atomic E-state index is -3.71. The van der Waals surface area contributed by atoms with Gasteiger partial charge in [0.1, 0.15) is 4.21 Å². The molecular weight excluding hydrogens is 274 g/mol. The molecule has 0 aliphatic carbocycles. The fourth-order valence-electron chi connectivity index (χ4n) is 1.15. The quantitative estimate of drug-likeness (QED) is 0.775. The van der Waals surface area contributed by atoms with Crippen LogP contribution in [0.25, 0.3) is 0 Å². The zero-order valence-electron chi connectivity index (χ0n) is 10.4. The molecular formula is C11H17NO4S2. The van der Waals surface area contributed by atoms with Gasteiger partial charge in [0, 0.05) is 6.61 Å². The molecule has 0 radical (unpaired) electrons. The van der Waals surface area contributed by atoms with Crippen LogP contribution >= 0.6 is 11.3 Å². The van der Waals surface area contributed by atoms with Crippen LogP contribution in [0, 0.1) is 5.92 Å². The van der Waals surface area contributed by atoms with Gasteiger partial charge in [0.15, 0.2) is 0 Å². The number of hydrogen-bond acceptors (Lipinski definition) is 5. The summed E-state index contributed by atoms with van der Waals surface area (Å²) >= 11 is 1.07. The summed E-state index contributed by atoms with van der Waals surface area (Å²) in [6.45, 7) is 4.79. The Balaban J connectivity index is 2.37. The number of sulfonamides is 1. The summed E-state index contributed by atoms with van der Waals surface area (Å²) in [7, 11) is -3.71. The highest BCUT2D eigenvalue weighted by atomic mass is 32.2. The van der Waals surface area contributed by atoms with Crippen LogP contribution in [0.4, 0.5) is 0 Å². The van der Waals surface area contributed by atoms with Gasteiger partial charge in [-0.25, -0.2) is 13.1 Å². The molecule has 0 saturated carbocycles. The molecule has 5 nitrogen and oxygen atoms in total. The van der Waals surface area contributed by atoms with Crippen LogP contribution in [-0.2, 0) is 19.6 Å². The molecule has 1 aromatic rings. The average Bonchev–Trinajstić information content (AvgIpc) is 2.77. The topological polar surface area (TPSA) is 72.5 Å². The molecule has 0 unspecified atom stereocenters. The van der Waals surface area contributed by atoms with Crippen molar-refractivity contribution in [2.75, 3.05) is 13.2 Å². The standard InChI is InChI=1S/C11H17NO4S2/c1-9(2)8-16-6-5-10(13)12-18(14,15)11-4-3-7-17-11/h3-4,7,9H,5-6,8H2,1-2H3,(H,12,13). The summed E-state index contributed by atoms with van der Waals surface area (Å²) < 4.78 is 30.7. The number of rotatable bonds is 7. The molecule has 7 heteroatoms. The average molecular weight is 291 g/mol. The van der Waals surface area contributed by atoms with Crippen molar-refractivity contribution in [2.45, 2.75) is 24.5 Å². The Hall–Kier alpha value is -0.920. The smallest absolute Gasteiger partial charge is 0.273 e. The van der Waals surface area contributed by atoms with Crippen LogP contribution in [0.15, 0.2) is 21.7 Å². The molecule has 0 saturated heterocycles. The maximum absolute atomic E-state index is 11.7. The predicted octanol–water partition coefficient (Wildman–Crippen LogP) is 1.62. The second kappa shape index (κ2) is 6.86. The summed E-state index contributed by atoms with van der Waals surface area (Å²) in [5.74, 6) is -0.157. The number of amides is 1. The molecule has 1 aromatic heterocycles. The van der Waals surface area contributed by atoms with Gasteiger partial charge in [-0.3, -0.25) is 4.79 Å². The first-order chi connectivity index (χ1) is 8.42. The molecule has 0 aliphatic heterocycles. The van der Waals surface area contributed by atoms with E-state index in [-0.39, 0.29) is 17.2 Å². The first kappa shape index (κ1) is 15.1. The predicted molar refractivity (Wildman–Crippen MR) is 69.9 cm³/mol. The molecule has 0 aromatic carbocycles. The molecule has 1 N–H and O–H groups in total. The molecule has 102 valence electrons. The monoisotopic (exact) mass is 291 g/mol. The van der Waals surface area contributed by atoms with E-state index in [0.29, 0.717) is 12.5 Å². The van der Waals surface area contributed by atoms with E-state index in [1.165, 1.54) is 6.07 Å². The van der Waals surface area contributed by atoms with Crippen molar-refractivity contribution in [1.29, 1.82) is 0 Å². The maximum atomic E-state index is 11.7. The van der Waals surface area contributed by atoms with E-state index in [0.717, 1.165) is 11.3 Å². The molecule has 0 fully saturated rings. The third-order valence-corrected chi connectivity index (χ3v) is 4.70. The zero-order chi connectivity index (χ0) is 13.6. The number of hydrogen-bond donors (Lipinski definition) is 1. The van der Waals surface area contributed by atoms with Gasteiger partial charge in [0.05, 0.1) is 13.0 Å². The van der Waals surface area contributed by atoms with Crippen LogP contribution in [0.3, 0.4) is 0 Å². The third kappa shape index (κ3) is 5.16. The Bertz CT molecular complexity index is 465. The summed E-state index contributed by atoms with van der Waals surface area (Å²) in [4.78, 5) is 11.4. The van der Waals surface area contributed by atoms with Gasteiger partial charge in [-0.2, -0.15) is 0 Å². The van der Waals surface area contributed by atoms with Crippen molar-refractivity contribution in [3.05, 3.63) is 17.5 Å². The van der Waals surface area contributed by atoms with Crippen LogP contribution in [0.1, 0.15) is 20.3 Å². The highest BCUT2D eigenvalue weighted by Crippen LogP contribution is 2.15. The largest absolute Gasteiger partial charge is 0.381 e. The lowest BCUT2D eigenvalue weighted by molar-refractivity contribution is -0.120. The molecule has 0 aliphatic rings. The summed E-state index contributed by atoms with van der Waals surface area (Å²) in [6.07, 6.45) is 0.0390. The van der Waals surface area contributed by atoms with Crippen LogP contribution in [-0.4, -0.2) is 27.5 Å². The molecule has 0 atom stereocenters. The van der Waals surface area contributed by atoms with Crippen LogP contribution < -0.4 is 4.72 Å². The number of carbonyl (C=O) groups is 1. The van der Waals surface area contributed by atoms with Gasteiger partial charge in [-0.05, 0) is 17.4 Å². The molecule has 1 amide bonds. The molecule has 0 spiro atoms. The van der Waals surface area contributed by atoms with Crippen molar-refractivity contribution < 1.29 is 17.9 Å². The summed E-state index contributed by atoms with van der Waals surface area (Å²) in [5.41, 5.74) is 0. The minimum absolute atomic E-state index is 0.0390. The molecule has 1 rings (SSSR count). The fraction of sp³-hybridized carbons (Fsp3) is 0.545. The van der Waals surface area contributed by atoms with Gasteiger partial charge >= 0.3 is 0 Å². The van der Waals surface area contributed by atoms with Gasteiger partial charge in [0.2, 0.25) is 5.91 Å². The Morgan fingerprint density at radius 2 is 2.22 bits per heavy atom. The maximum Gasteiger partial charge on any atom is 0.273 e. The van der Waals surface area contributed by atoms with E-state index in [1.807, 2.05) is 18.6 Å². The third-order valence-electron chi connectivity index (χ3n) is 1.93. The Morgan fingerprint density at radius 1 is 1.50 bits per heavy atom. The van der Waals surface area contributed by atoms with Crippen LogP contribution in [0.2, 0.25) is 0 Å². The van der Waals surface area contributed by atoms with Gasteiger partial charge < -0.3 is 4.74 Å². The first-order valence-corrected chi connectivity index (χ1v) is 7.95. The summed E-state index contributed by atoms with van der Waals surface area (Å²) in [5, 5.41) is 1.64. The lowest BCUT2D eigenvalue weighted by Crippen LogP contribution is -2.30. The SMILES string of the molecule is CC(C)COCCC(=O)NS(=O)(=O)c1cccs1. The van der Waals surface area contributed by atoms with E-state index >= 15 is 0 Å². The summed E-state index contributed by atoms with van der Waals surface area (Å²) in [6, 6.07) is 3.07. The van der Waals surface area contributed by atoms with Crippen molar-refractivity contribution in [1.82, 2.24) is 4.72 Å². The molecule has 1 heterocycles. The lowest BCUT2D eigenvalue weighted by Gasteiger charge is -2.07. The van der Waals surface area contributed by atoms with E-state index in [9.17, 15) is 13.2 Å². The minimum Gasteiger partial charge on any atom is -0.381 e. The zero-order valence-corrected chi connectivity index (χ0v) is 12.0. The molecule has 0 bridgehead atoms. The Morgan fingerprint density at radius 3 is 2.78 bits per heavy atom. The Labute approximate surface area is 111 Å².